The molecular weight excluding hydrogens is 204 g/mol. The molecule has 1 nitrogen and oxygen atoms in total. The summed E-state index contributed by atoms with van der Waals surface area (Å²) in [7, 11) is -0.745. The standard InChI is InChI=1S/C13H28OS/c1-10(2)12(5,6)9-13(7,8)15(14)11(3)4/h10-11H,9H2,1-8H3. The van der Waals surface area contributed by atoms with Crippen LogP contribution in [0.1, 0.15) is 61.8 Å². The van der Waals surface area contributed by atoms with Crippen molar-refractivity contribution in [3.63, 3.8) is 0 Å². The van der Waals surface area contributed by atoms with E-state index >= 15 is 0 Å². The zero-order valence-corrected chi connectivity index (χ0v) is 12.5. The Morgan fingerprint density at radius 3 is 1.67 bits per heavy atom. The van der Waals surface area contributed by atoms with Gasteiger partial charge in [-0.05, 0) is 31.6 Å². The van der Waals surface area contributed by atoms with E-state index < -0.39 is 10.8 Å². The quantitative estimate of drug-likeness (QED) is 0.700. The highest BCUT2D eigenvalue weighted by Gasteiger charge is 2.36. The highest BCUT2D eigenvalue weighted by Crippen LogP contribution is 2.38. The van der Waals surface area contributed by atoms with E-state index in [0.717, 1.165) is 6.42 Å². The van der Waals surface area contributed by atoms with Gasteiger partial charge in [0.15, 0.2) is 0 Å². The second-order valence-electron chi connectivity index (χ2n) is 6.43. The van der Waals surface area contributed by atoms with E-state index in [1.807, 2.05) is 13.8 Å². The minimum Gasteiger partial charge on any atom is -0.259 e. The molecule has 0 aliphatic heterocycles. The molecule has 1 atom stereocenters. The number of rotatable bonds is 5. The molecule has 0 fully saturated rings. The van der Waals surface area contributed by atoms with Gasteiger partial charge < -0.3 is 0 Å². The molecule has 0 rings (SSSR count). The van der Waals surface area contributed by atoms with Crippen molar-refractivity contribution in [2.45, 2.75) is 71.8 Å². The minimum absolute atomic E-state index is 0.0814. The summed E-state index contributed by atoms with van der Waals surface area (Å²) >= 11 is 0. The normalized spacial score (nSPS) is 16.1. The molecule has 0 N–H and O–H groups in total. The van der Waals surface area contributed by atoms with E-state index in [0.29, 0.717) is 5.92 Å². The van der Waals surface area contributed by atoms with Crippen molar-refractivity contribution in [3.8, 4) is 0 Å². The maximum atomic E-state index is 12.2. The van der Waals surface area contributed by atoms with Gasteiger partial charge in [-0.25, -0.2) is 0 Å². The molecule has 0 spiro atoms. The van der Waals surface area contributed by atoms with Gasteiger partial charge in [0.25, 0.3) is 0 Å². The predicted octanol–water partition coefficient (Wildman–Crippen LogP) is 3.99. The molecule has 0 heterocycles. The Kier molecular flexibility index (Phi) is 5.04. The maximum Gasteiger partial charge on any atom is 0.0410 e. The first-order valence-corrected chi connectivity index (χ1v) is 7.12. The second-order valence-corrected chi connectivity index (χ2v) is 9.07. The Balaban J connectivity index is 4.71. The Bertz CT molecular complexity index is 227. The van der Waals surface area contributed by atoms with E-state index in [2.05, 4.69) is 41.5 Å². The highest BCUT2D eigenvalue weighted by molar-refractivity contribution is 7.87. The van der Waals surface area contributed by atoms with Crippen molar-refractivity contribution in [3.05, 3.63) is 0 Å². The van der Waals surface area contributed by atoms with E-state index in [4.69, 9.17) is 0 Å². The van der Waals surface area contributed by atoms with E-state index in [1.165, 1.54) is 0 Å². The van der Waals surface area contributed by atoms with Gasteiger partial charge >= 0.3 is 0 Å². The van der Waals surface area contributed by atoms with Crippen molar-refractivity contribution in [1.29, 1.82) is 0 Å². The SMILES string of the molecule is CC(C)S(=O)C(C)(C)CC(C)(C)C(C)C. The summed E-state index contributed by atoms with van der Waals surface area (Å²) < 4.78 is 12.1. The predicted molar refractivity (Wildman–Crippen MR) is 70.6 cm³/mol. The van der Waals surface area contributed by atoms with Gasteiger partial charge in [0.1, 0.15) is 0 Å². The Morgan fingerprint density at radius 2 is 1.40 bits per heavy atom. The van der Waals surface area contributed by atoms with Gasteiger partial charge in [-0.15, -0.1) is 0 Å². The zero-order chi connectivity index (χ0) is 12.4. The third-order valence-electron chi connectivity index (χ3n) is 3.42. The highest BCUT2D eigenvalue weighted by atomic mass is 32.2. The van der Waals surface area contributed by atoms with Gasteiger partial charge in [-0.3, -0.25) is 4.21 Å². The fraction of sp³-hybridized carbons (Fsp3) is 1.00. The zero-order valence-electron chi connectivity index (χ0n) is 11.7. The summed E-state index contributed by atoms with van der Waals surface area (Å²) in [5.74, 6) is 0.626. The first-order chi connectivity index (χ1) is 6.50. The van der Waals surface area contributed by atoms with Crippen molar-refractivity contribution in [1.82, 2.24) is 0 Å². The second kappa shape index (κ2) is 4.99. The van der Waals surface area contributed by atoms with Gasteiger partial charge in [0, 0.05) is 20.8 Å². The monoisotopic (exact) mass is 232 g/mol. The van der Waals surface area contributed by atoms with E-state index in [1.54, 1.807) is 0 Å². The van der Waals surface area contributed by atoms with Crippen LogP contribution in [0.3, 0.4) is 0 Å². The van der Waals surface area contributed by atoms with E-state index in [9.17, 15) is 4.21 Å². The van der Waals surface area contributed by atoms with Crippen LogP contribution in [0.4, 0.5) is 0 Å². The van der Waals surface area contributed by atoms with Crippen molar-refractivity contribution in [2.24, 2.45) is 11.3 Å². The van der Waals surface area contributed by atoms with Gasteiger partial charge in [0.05, 0.1) is 0 Å². The molecule has 92 valence electrons. The number of hydrogen-bond acceptors (Lipinski definition) is 1. The lowest BCUT2D eigenvalue weighted by atomic mass is 9.75. The fourth-order valence-electron chi connectivity index (χ4n) is 2.01. The van der Waals surface area contributed by atoms with Crippen LogP contribution in [0.2, 0.25) is 0 Å². The third kappa shape index (κ3) is 4.26. The average molecular weight is 232 g/mol. The lowest BCUT2D eigenvalue weighted by molar-refractivity contribution is 0.208. The van der Waals surface area contributed by atoms with Crippen LogP contribution in [0.5, 0.6) is 0 Å². The molecular formula is C13H28OS. The molecule has 0 aliphatic carbocycles. The largest absolute Gasteiger partial charge is 0.259 e. The van der Waals surface area contributed by atoms with Crippen molar-refractivity contribution < 1.29 is 4.21 Å². The number of hydrogen-bond donors (Lipinski definition) is 0. The van der Waals surface area contributed by atoms with E-state index in [-0.39, 0.29) is 15.4 Å². The summed E-state index contributed by atoms with van der Waals surface area (Å²) in [5.41, 5.74) is 0.258. The molecule has 0 radical (unpaired) electrons. The van der Waals surface area contributed by atoms with Crippen molar-refractivity contribution in [2.75, 3.05) is 0 Å². The molecule has 0 aromatic carbocycles. The first kappa shape index (κ1) is 15.2. The third-order valence-corrected chi connectivity index (χ3v) is 5.51. The average Bonchev–Trinajstić information content (AvgIpc) is 2.00. The minimum atomic E-state index is -0.745. The Hall–Kier alpha value is 0.150. The van der Waals surface area contributed by atoms with Crippen LogP contribution in [-0.2, 0) is 10.8 Å². The summed E-state index contributed by atoms with van der Waals surface area (Å²) in [6.07, 6.45) is 1.02. The lowest BCUT2D eigenvalue weighted by Gasteiger charge is -2.38. The molecule has 1 unspecified atom stereocenters. The topological polar surface area (TPSA) is 17.1 Å². The summed E-state index contributed by atoms with van der Waals surface area (Å²) in [6.45, 7) is 17.4. The summed E-state index contributed by atoms with van der Waals surface area (Å²) in [5, 5.41) is 0.253. The fourth-order valence-corrected chi connectivity index (χ4v) is 3.80. The van der Waals surface area contributed by atoms with Crippen LogP contribution >= 0.6 is 0 Å². The van der Waals surface area contributed by atoms with Crippen LogP contribution < -0.4 is 0 Å². The molecule has 0 amide bonds. The first-order valence-electron chi connectivity index (χ1n) is 5.91. The maximum absolute atomic E-state index is 12.2. The molecule has 0 saturated heterocycles. The molecule has 0 aromatic heterocycles. The van der Waals surface area contributed by atoms with Crippen LogP contribution in [0.25, 0.3) is 0 Å². The van der Waals surface area contributed by atoms with Crippen LogP contribution in [0, 0.1) is 11.3 Å². The summed E-state index contributed by atoms with van der Waals surface area (Å²) in [6, 6.07) is 0. The molecule has 15 heavy (non-hydrogen) atoms. The molecule has 0 aliphatic rings. The Labute approximate surface area is 98.5 Å². The molecule has 0 aromatic rings. The molecule has 0 saturated carbocycles. The Morgan fingerprint density at radius 1 is 1.00 bits per heavy atom. The molecule has 0 bridgehead atoms. The van der Waals surface area contributed by atoms with Gasteiger partial charge in [-0.2, -0.15) is 0 Å². The van der Waals surface area contributed by atoms with Crippen LogP contribution in [-0.4, -0.2) is 14.2 Å². The van der Waals surface area contributed by atoms with Crippen molar-refractivity contribution >= 4 is 10.8 Å². The summed E-state index contributed by atoms with van der Waals surface area (Å²) in [4.78, 5) is 0. The lowest BCUT2D eigenvalue weighted by Crippen LogP contribution is -2.38. The molecule has 2 heteroatoms. The van der Waals surface area contributed by atoms with Gasteiger partial charge in [-0.1, -0.05) is 41.5 Å². The van der Waals surface area contributed by atoms with Gasteiger partial charge in [0.2, 0.25) is 0 Å². The smallest absolute Gasteiger partial charge is 0.0410 e. The van der Waals surface area contributed by atoms with Crippen LogP contribution in [0.15, 0.2) is 0 Å².